The molecule has 2 unspecified atom stereocenters. The highest BCUT2D eigenvalue weighted by Gasteiger charge is 2.35. The largest absolute Gasteiger partial charge is 0.316 e. The average Bonchev–Trinajstić information content (AvgIpc) is 2.88. The highest BCUT2D eigenvalue weighted by molar-refractivity contribution is 7.91. The molecule has 0 bridgehead atoms. The Morgan fingerprint density at radius 3 is 2.56 bits per heavy atom. The fourth-order valence-electron chi connectivity index (χ4n) is 2.19. The van der Waals surface area contributed by atoms with Crippen molar-refractivity contribution in [3.63, 3.8) is 0 Å². The Hall–Kier alpha value is -0.430. The summed E-state index contributed by atoms with van der Waals surface area (Å²) in [6.07, 6.45) is 0. The zero-order valence-corrected chi connectivity index (χ0v) is 12.6. The maximum Gasteiger partial charge on any atom is 0.252 e. The lowest BCUT2D eigenvalue weighted by atomic mass is 10.0. The molecule has 1 aliphatic heterocycles. The molecule has 0 spiro atoms. The van der Waals surface area contributed by atoms with Gasteiger partial charge in [0.25, 0.3) is 10.0 Å². The molecule has 1 fully saturated rings. The Morgan fingerprint density at radius 1 is 1.39 bits per heavy atom. The van der Waals surface area contributed by atoms with Gasteiger partial charge >= 0.3 is 0 Å². The first-order valence-electron chi connectivity index (χ1n) is 6.17. The topological polar surface area (TPSA) is 49.4 Å². The van der Waals surface area contributed by atoms with Crippen molar-refractivity contribution < 1.29 is 8.42 Å². The number of nitrogens with zero attached hydrogens (tertiary/aromatic N) is 1. The summed E-state index contributed by atoms with van der Waals surface area (Å²) in [7, 11) is -1.42. The lowest BCUT2D eigenvalue weighted by molar-refractivity contribution is 0.465. The van der Waals surface area contributed by atoms with Crippen LogP contribution in [0.4, 0.5) is 0 Å². The second-order valence-corrected chi connectivity index (χ2v) is 8.16. The molecule has 1 aromatic rings. The highest BCUT2D eigenvalue weighted by Crippen LogP contribution is 2.30. The van der Waals surface area contributed by atoms with Gasteiger partial charge in [-0.05, 0) is 35.9 Å². The van der Waals surface area contributed by atoms with Gasteiger partial charge in [-0.25, -0.2) is 8.42 Å². The second kappa shape index (κ2) is 5.28. The van der Waals surface area contributed by atoms with Gasteiger partial charge in [0, 0.05) is 19.6 Å². The molecule has 1 N–H and O–H groups in total. The molecule has 0 amide bonds. The van der Waals surface area contributed by atoms with E-state index in [-0.39, 0.29) is 0 Å². The molecule has 0 saturated carbocycles. The van der Waals surface area contributed by atoms with Crippen LogP contribution in [-0.2, 0) is 16.6 Å². The van der Waals surface area contributed by atoms with Crippen LogP contribution in [0.15, 0.2) is 15.7 Å². The monoisotopic (exact) mass is 288 g/mol. The SMILES string of the molecule is CNCc1csc(S(=O)(=O)N2CC(C)C(C)C2)c1. The van der Waals surface area contributed by atoms with Crippen molar-refractivity contribution in [1.29, 1.82) is 0 Å². The van der Waals surface area contributed by atoms with Crippen LogP contribution in [0.2, 0.25) is 0 Å². The van der Waals surface area contributed by atoms with Crippen LogP contribution in [-0.4, -0.2) is 32.9 Å². The van der Waals surface area contributed by atoms with E-state index in [1.807, 2.05) is 12.4 Å². The first-order chi connectivity index (χ1) is 8.45. The molecule has 1 aliphatic rings. The minimum absolute atomic E-state index is 0.441. The van der Waals surface area contributed by atoms with E-state index in [9.17, 15) is 8.42 Å². The summed E-state index contributed by atoms with van der Waals surface area (Å²) in [5, 5.41) is 4.94. The summed E-state index contributed by atoms with van der Waals surface area (Å²) < 4.78 is 27.0. The van der Waals surface area contributed by atoms with Gasteiger partial charge < -0.3 is 5.32 Å². The summed E-state index contributed by atoms with van der Waals surface area (Å²) in [5.41, 5.74) is 1.03. The summed E-state index contributed by atoms with van der Waals surface area (Å²) in [6.45, 7) is 6.21. The first kappa shape index (κ1) is 14.0. The second-order valence-electron chi connectivity index (χ2n) is 5.08. The van der Waals surface area contributed by atoms with Gasteiger partial charge in [-0.15, -0.1) is 11.3 Å². The van der Waals surface area contributed by atoms with Gasteiger partial charge in [0.2, 0.25) is 0 Å². The quantitative estimate of drug-likeness (QED) is 0.918. The van der Waals surface area contributed by atoms with Crippen molar-refractivity contribution >= 4 is 21.4 Å². The molecule has 6 heteroatoms. The molecule has 1 saturated heterocycles. The van der Waals surface area contributed by atoms with Gasteiger partial charge in [0.15, 0.2) is 0 Å². The van der Waals surface area contributed by atoms with E-state index >= 15 is 0 Å². The number of thiophene rings is 1. The number of rotatable bonds is 4. The van der Waals surface area contributed by atoms with E-state index in [1.54, 1.807) is 10.4 Å². The standard InChI is InChI=1S/C12H20N2O2S2/c1-9-6-14(7-10(9)2)18(15,16)12-4-11(5-13-3)8-17-12/h4,8-10,13H,5-7H2,1-3H3. The first-order valence-corrected chi connectivity index (χ1v) is 8.49. The summed E-state index contributed by atoms with van der Waals surface area (Å²) >= 11 is 1.32. The Labute approximate surface area is 113 Å². The normalized spacial score (nSPS) is 25.7. The molecule has 102 valence electrons. The van der Waals surface area contributed by atoms with Crippen molar-refractivity contribution in [2.75, 3.05) is 20.1 Å². The minimum Gasteiger partial charge on any atom is -0.316 e. The number of sulfonamides is 1. The smallest absolute Gasteiger partial charge is 0.252 e. The van der Waals surface area contributed by atoms with Gasteiger partial charge in [0.1, 0.15) is 4.21 Å². The van der Waals surface area contributed by atoms with Crippen molar-refractivity contribution in [2.45, 2.75) is 24.6 Å². The molecule has 18 heavy (non-hydrogen) atoms. The zero-order chi connectivity index (χ0) is 13.3. The molecular weight excluding hydrogens is 268 g/mol. The van der Waals surface area contributed by atoms with E-state index in [4.69, 9.17) is 0 Å². The average molecular weight is 288 g/mol. The van der Waals surface area contributed by atoms with E-state index in [0.717, 1.165) is 5.56 Å². The lowest BCUT2D eigenvalue weighted by Crippen LogP contribution is -2.28. The van der Waals surface area contributed by atoms with Crippen molar-refractivity contribution in [1.82, 2.24) is 9.62 Å². The van der Waals surface area contributed by atoms with Crippen LogP contribution in [0.25, 0.3) is 0 Å². The Kier molecular flexibility index (Phi) is 4.11. The third-order valence-corrected chi connectivity index (χ3v) is 6.85. The fourth-order valence-corrected chi connectivity index (χ4v) is 5.19. The van der Waals surface area contributed by atoms with E-state index in [1.165, 1.54) is 11.3 Å². The Morgan fingerprint density at radius 2 is 2.00 bits per heavy atom. The van der Waals surface area contributed by atoms with E-state index in [2.05, 4.69) is 19.2 Å². The van der Waals surface area contributed by atoms with Crippen molar-refractivity contribution in [2.24, 2.45) is 11.8 Å². The number of hydrogen-bond acceptors (Lipinski definition) is 4. The molecule has 2 rings (SSSR count). The fraction of sp³-hybridized carbons (Fsp3) is 0.667. The van der Waals surface area contributed by atoms with Crippen LogP contribution in [0.5, 0.6) is 0 Å². The number of hydrogen-bond donors (Lipinski definition) is 1. The predicted octanol–water partition coefficient (Wildman–Crippen LogP) is 1.74. The van der Waals surface area contributed by atoms with Crippen LogP contribution in [0, 0.1) is 11.8 Å². The molecule has 2 heterocycles. The Balaban J connectivity index is 2.20. The maximum atomic E-state index is 12.5. The van der Waals surface area contributed by atoms with Gasteiger partial charge in [0.05, 0.1) is 0 Å². The van der Waals surface area contributed by atoms with Gasteiger partial charge in [-0.1, -0.05) is 13.8 Å². The van der Waals surface area contributed by atoms with E-state index in [0.29, 0.717) is 35.7 Å². The molecule has 0 radical (unpaired) electrons. The van der Waals surface area contributed by atoms with Crippen LogP contribution in [0.1, 0.15) is 19.4 Å². The Bertz CT molecular complexity index is 500. The molecule has 4 nitrogen and oxygen atoms in total. The molecule has 0 aliphatic carbocycles. The third-order valence-electron chi connectivity index (χ3n) is 3.56. The summed E-state index contributed by atoms with van der Waals surface area (Å²) in [4.78, 5) is 0. The maximum absolute atomic E-state index is 12.5. The number of nitrogens with one attached hydrogen (secondary N) is 1. The predicted molar refractivity (Wildman–Crippen MR) is 74.2 cm³/mol. The summed E-state index contributed by atoms with van der Waals surface area (Å²) in [6, 6.07) is 1.78. The zero-order valence-electron chi connectivity index (χ0n) is 11.0. The van der Waals surface area contributed by atoms with Crippen LogP contribution in [0.3, 0.4) is 0 Å². The summed E-state index contributed by atoms with van der Waals surface area (Å²) in [5.74, 6) is 0.882. The van der Waals surface area contributed by atoms with Crippen LogP contribution >= 0.6 is 11.3 Å². The van der Waals surface area contributed by atoms with Gasteiger partial charge in [-0.2, -0.15) is 4.31 Å². The van der Waals surface area contributed by atoms with Gasteiger partial charge in [-0.3, -0.25) is 0 Å². The molecule has 0 aromatic carbocycles. The van der Waals surface area contributed by atoms with E-state index < -0.39 is 10.0 Å². The minimum atomic E-state index is -3.28. The van der Waals surface area contributed by atoms with Crippen molar-refractivity contribution in [3.8, 4) is 0 Å². The third kappa shape index (κ3) is 2.61. The van der Waals surface area contributed by atoms with Crippen molar-refractivity contribution in [3.05, 3.63) is 17.0 Å². The molecular formula is C12H20N2O2S2. The lowest BCUT2D eigenvalue weighted by Gasteiger charge is -2.14. The molecule has 1 aromatic heterocycles. The highest BCUT2D eigenvalue weighted by atomic mass is 32.2. The van der Waals surface area contributed by atoms with Crippen LogP contribution < -0.4 is 5.32 Å². The molecule has 2 atom stereocenters.